The second kappa shape index (κ2) is 5.04. The molecule has 16 heavy (non-hydrogen) atoms. The number of nitrogens with two attached hydrogens (primary N) is 1. The molecule has 0 amide bonds. The third-order valence-corrected chi connectivity index (χ3v) is 4.64. The van der Waals surface area contributed by atoms with Crippen LogP contribution in [-0.2, 0) is 0 Å². The van der Waals surface area contributed by atoms with Gasteiger partial charge in [-0.1, -0.05) is 19.8 Å². The Kier molecular flexibility index (Phi) is 3.69. The van der Waals surface area contributed by atoms with Gasteiger partial charge in [-0.25, -0.2) is 9.97 Å². The average molecular weight is 237 g/mol. The fourth-order valence-electron chi connectivity index (χ4n) is 2.21. The van der Waals surface area contributed by atoms with Crippen molar-refractivity contribution in [3.05, 3.63) is 11.9 Å². The van der Waals surface area contributed by atoms with Gasteiger partial charge in [0.2, 0.25) is 0 Å². The molecule has 2 rings (SSSR count). The highest BCUT2D eigenvalue weighted by Crippen LogP contribution is 2.36. The SMILES string of the molecule is Cc1c(N)ncnc1SC1CCCC(C)C1. The summed E-state index contributed by atoms with van der Waals surface area (Å²) in [4.78, 5) is 8.33. The first kappa shape index (κ1) is 11.7. The summed E-state index contributed by atoms with van der Waals surface area (Å²) in [6.45, 7) is 4.35. The summed E-state index contributed by atoms with van der Waals surface area (Å²) in [7, 11) is 0. The van der Waals surface area contributed by atoms with Crippen molar-refractivity contribution in [3.63, 3.8) is 0 Å². The van der Waals surface area contributed by atoms with E-state index in [0.29, 0.717) is 11.1 Å². The molecule has 4 heteroatoms. The summed E-state index contributed by atoms with van der Waals surface area (Å²) in [5, 5.41) is 1.77. The minimum Gasteiger partial charge on any atom is -0.383 e. The quantitative estimate of drug-likeness (QED) is 0.803. The summed E-state index contributed by atoms with van der Waals surface area (Å²) in [6, 6.07) is 0. The fourth-order valence-corrected chi connectivity index (χ4v) is 3.62. The minimum absolute atomic E-state index is 0.612. The van der Waals surface area contributed by atoms with Crippen LogP contribution < -0.4 is 5.73 Å². The van der Waals surface area contributed by atoms with E-state index >= 15 is 0 Å². The Hall–Kier alpha value is -0.770. The molecule has 1 fully saturated rings. The van der Waals surface area contributed by atoms with Gasteiger partial charge in [-0.05, 0) is 25.7 Å². The van der Waals surface area contributed by atoms with Crippen molar-refractivity contribution < 1.29 is 0 Å². The van der Waals surface area contributed by atoms with E-state index in [0.717, 1.165) is 16.5 Å². The van der Waals surface area contributed by atoms with Crippen molar-refractivity contribution in [3.8, 4) is 0 Å². The number of aromatic nitrogens is 2. The molecule has 88 valence electrons. The molecule has 0 saturated heterocycles. The van der Waals surface area contributed by atoms with Crippen molar-refractivity contribution in [2.45, 2.75) is 49.8 Å². The molecule has 1 heterocycles. The number of nitrogens with zero attached hydrogens (tertiary/aromatic N) is 2. The Morgan fingerprint density at radius 2 is 2.19 bits per heavy atom. The predicted molar refractivity (Wildman–Crippen MR) is 68.5 cm³/mol. The first-order valence-electron chi connectivity index (χ1n) is 5.90. The molecule has 1 aromatic rings. The van der Waals surface area contributed by atoms with Crippen LogP contribution in [0.25, 0.3) is 0 Å². The van der Waals surface area contributed by atoms with Gasteiger partial charge in [-0.2, -0.15) is 0 Å². The van der Waals surface area contributed by atoms with Crippen molar-refractivity contribution >= 4 is 17.6 Å². The molecule has 1 aromatic heterocycles. The number of nitrogen functional groups attached to an aromatic ring is 1. The van der Waals surface area contributed by atoms with Gasteiger partial charge in [0.25, 0.3) is 0 Å². The molecule has 1 aliphatic carbocycles. The molecule has 0 aliphatic heterocycles. The van der Waals surface area contributed by atoms with Crippen LogP contribution in [0.2, 0.25) is 0 Å². The monoisotopic (exact) mass is 237 g/mol. The van der Waals surface area contributed by atoms with Crippen LogP contribution in [0.5, 0.6) is 0 Å². The van der Waals surface area contributed by atoms with Crippen LogP contribution >= 0.6 is 11.8 Å². The number of hydrogen-bond acceptors (Lipinski definition) is 4. The molecule has 2 atom stereocenters. The number of thioether (sulfide) groups is 1. The van der Waals surface area contributed by atoms with Crippen LogP contribution in [0.15, 0.2) is 11.4 Å². The highest BCUT2D eigenvalue weighted by Gasteiger charge is 2.21. The standard InChI is InChI=1S/C12H19N3S/c1-8-4-3-5-10(6-8)16-12-9(2)11(13)14-7-15-12/h7-8,10H,3-6H2,1-2H3,(H2,13,14,15). The van der Waals surface area contributed by atoms with Gasteiger partial charge in [0.1, 0.15) is 17.2 Å². The molecule has 0 radical (unpaired) electrons. The molecule has 0 bridgehead atoms. The van der Waals surface area contributed by atoms with Gasteiger partial charge in [0.15, 0.2) is 0 Å². The van der Waals surface area contributed by atoms with Gasteiger partial charge in [0, 0.05) is 10.8 Å². The maximum Gasteiger partial charge on any atom is 0.130 e. The molecule has 3 nitrogen and oxygen atoms in total. The summed E-state index contributed by atoms with van der Waals surface area (Å²) in [5.74, 6) is 1.46. The second-order valence-corrected chi connectivity index (χ2v) is 5.99. The molecule has 2 N–H and O–H groups in total. The van der Waals surface area contributed by atoms with E-state index in [2.05, 4.69) is 16.9 Å². The van der Waals surface area contributed by atoms with E-state index in [1.165, 1.54) is 25.7 Å². The lowest BCUT2D eigenvalue weighted by Gasteiger charge is -2.26. The second-order valence-electron chi connectivity index (χ2n) is 4.70. The van der Waals surface area contributed by atoms with Crippen LogP contribution in [0, 0.1) is 12.8 Å². The normalized spacial score (nSPS) is 25.6. The zero-order chi connectivity index (χ0) is 11.5. The van der Waals surface area contributed by atoms with Crippen molar-refractivity contribution in [2.24, 2.45) is 5.92 Å². The van der Waals surface area contributed by atoms with Gasteiger partial charge in [0.05, 0.1) is 0 Å². The van der Waals surface area contributed by atoms with Crippen LogP contribution in [0.1, 0.15) is 38.2 Å². The molecule has 1 saturated carbocycles. The molecular weight excluding hydrogens is 218 g/mol. The Bertz CT molecular complexity index is 367. The summed E-state index contributed by atoms with van der Waals surface area (Å²) < 4.78 is 0. The average Bonchev–Trinajstić information content (AvgIpc) is 2.25. The Morgan fingerprint density at radius 1 is 1.38 bits per heavy atom. The van der Waals surface area contributed by atoms with Crippen molar-refractivity contribution in [1.82, 2.24) is 9.97 Å². The Labute approximate surface area is 101 Å². The summed E-state index contributed by atoms with van der Waals surface area (Å²) in [5.41, 5.74) is 6.82. The van der Waals surface area contributed by atoms with Gasteiger partial charge in [-0.3, -0.25) is 0 Å². The lowest BCUT2D eigenvalue weighted by atomic mass is 9.91. The van der Waals surface area contributed by atoms with Crippen LogP contribution in [0.4, 0.5) is 5.82 Å². The molecule has 0 aromatic carbocycles. The van der Waals surface area contributed by atoms with E-state index in [-0.39, 0.29) is 0 Å². The highest BCUT2D eigenvalue weighted by atomic mass is 32.2. The summed E-state index contributed by atoms with van der Waals surface area (Å²) in [6.07, 6.45) is 6.89. The highest BCUT2D eigenvalue weighted by molar-refractivity contribution is 7.99. The van der Waals surface area contributed by atoms with Gasteiger partial charge in [-0.15, -0.1) is 11.8 Å². The third-order valence-electron chi connectivity index (χ3n) is 3.24. The maximum atomic E-state index is 5.79. The van der Waals surface area contributed by atoms with Crippen LogP contribution in [-0.4, -0.2) is 15.2 Å². The number of anilines is 1. The molecule has 1 aliphatic rings. The van der Waals surface area contributed by atoms with Crippen LogP contribution in [0.3, 0.4) is 0 Å². The molecule has 2 unspecified atom stereocenters. The lowest BCUT2D eigenvalue weighted by molar-refractivity contribution is 0.394. The number of hydrogen-bond donors (Lipinski definition) is 1. The van der Waals surface area contributed by atoms with Gasteiger partial charge >= 0.3 is 0 Å². The van der Waals surface area contributed by atoms with E-state index in [1.807, 2.05) is 18.7 Å². The van der Waals surface area contributed by atoms with Crippen molar-refractivity contribution in [2.75, 3.05) is 5.73 Å². The minimum atomic E-state index is 0.612. The first-order chi connectivity index (χ1) is 7.66. The van der Waals surface area contributed by atoms with E-state index in [4.69, 9.17) is 5.73 Å². The Balaban J connectivity index is 2.05. The summed E-state index contributed by atoms with van der Waals surface area (Å²) >= 11 is 1.88. The zero-order valence-electron chi connectivity index (χ0n) is 9.94. The maximum absolute atomic E-state index is 5.79. The molecule has 0 spiro atoms. The molecular formula is C12H19N3S. The van der Waals surface area contributed by atoms with Gasteiger partial charge < -0.3 is 5.73 Å². The Morgan fingerprint density at radius 3 is 2.94 bits per heavy atom. The van der Waals surface area contributed by atoms with E-state index in [9.17, 15) is 0 Å². The van der Waals surface area contributed by atoms with Crippen molar-refractivity contribution in [1.29, 1.82) is 0 Å². The predicted octanol–water partition coefficient (Wildman–Crippen LogP) is 3.04. The smallest absolute Gasteiger partial charge is 0.130 e. The largest absolute Gasteiger partial charge is 0.383 e. The first-order valence-corrected chi connectivity index (χ1v) is 6.78. The topological polar surface area (TPSA) is 51.8 Å². The van der Waals surface area contributed by atoms with E-state index in [1.54, 1.807) is 6.33 Å². The number of rotatable bonds is 2. The third kappa shape index (κ3) is 2.67. The van der Waals surface area contributed by atoms with E-state index < -0.39 is 0 Å². The fraction of sp³-hybridized carbons (Fsp3) is 0.667. The lowest BCUT2D eigenvalue weighted by Crippen LogP contribution is -2.15. The zero-order valence-corrected chi connectivity index (χ0v) is 10.8.